The summed E-state index contributed by atoms with van der Waals surface area (Å²) in [5.41, 5.74) is 0.119. The highest BCUT2D eigenvalue weighted by atomic mass is 19.2. The molecule has 2 aromatic carbocycles. The number of ether oxygens (including phenoxy) is 1. The fourth-order valence-corrected chi connectivity index (χ4v) is 2.31. The van der Waals surface area contributed by atoms with E-state index in [0.717, 1.165) is 11.5 Å². The zero-order valence-corrected chi connectivity index (χ0v) is 12.9. The van der Waals surface area contributed by atoms with Gasteiger partial charge in [-0.1, -0.05) is 18.2 Å². The molecule has 3 aromatic rings. The number of hydrogen-bond donors (Lipinski definition) is 1. The molecule has 0 saturated heterocycles. The Bertz CT molecular complexity index is 926. The van der Waals surface area contributed by atoms with E-state index in [1.54, 1.807) is 12.3 Å². The Hall–Kier alpha value is -3.09. The number of benzene rings is 2. The maximum atomic E-state index is 13.5. The predicted molar refractivity (Wildman–Crippen MR) is 85.9 cm³/mol. The van der Waals surface area contributed by atoms with E-state index in [1.165, 1.54) is 0 Å². The van der Waals surface area contributed by atoms with Crippen molar-refractivity contribution in [3.05, 3.63) is 71.7 Å². The van der Waals surface area contributed by atoms with Gasteiger partial charge in [-0.3, -0.25) is 9.78 Å². The van der Waals surface area contributed by atoms with E-state index in [0.29, 0.717) is 17.3 Å². The zero-order chi connectivity index (χ0) is 17.8. The lowest BCUT2D eigenvalue weighted by Crippen LogP contribution is -2.29. The Balaban J connectivity index is 1.60. The number of para-hydroxylation sites is 1. The number of nitrogens with zero attached hydrogens (tertiary/aromatic N) is 1. The molecule has 1 amide bonds. The molecule has 1 aromatic heterocycles. The maximum absolute atomic E-state index is 13.5. The molecule has 0 radical (unpaired) electrons. The molecule has 0 atom stereocenters. The van der Waals surface area contributed by atoms with Crippen LogP contribution in [0.15, 0.2) is 48.7 Å². The third-order valence-corrected chi connectivity index (χ3v) is 3.52. The predicted octanol–water partition coefficient (Wildman–Crippen LogP) is 3.46. The molecule has 4 nitrogen and oxygen atoms in total. The first-order valence-corrected chi connectivity index (χ1v) is 7.46. The molecule has 0 aliphatic rings. The molecule has 3 rings (SSSR count). The lowest BCUT2D eigenvalue weighted by atomic mass is 10.2. The number of rotatable bonds is 5. The Kier molecular flexibility index (Phi) is 4.83. The number of nitrogens with one attached hydrogen (secondary N) is 1. The Morgan fingerprint density at radius 1 is 1.04 bits per heavy atom. The lowest BCUT2D eigenvalue weighted by Gasteiger charge is -2.10. The molecule has 0 fully saturated rings. The van der Waals surface area contributed by atoms with E-state index >= 15 is 0 Å². The highest BCUT2D eigenvalue weighted by Crippen LogP contribution is 2.22. The number of aromatic nitrogens is 1. The van der Waals surface area contributed by atoms with Gasteiger partial charge < -0.3 is 10.1 Å². The number of carbonyl (C=O) groups excluding carboxylic acids is 1. The van der Waals surface area contributed by atoms with Crippen LogP contribution in [0.3, 0.4) is 0 Å². The van der Waals surface area contributed by atoms with E-state index in [-0.39, 0.29) is 13.2 Å². The van der Waals surface area contributed by atoms with Crippen molar-refractivity contribution in [2.45, 2.75) is 0 Å². The van der Waals surface area contributed by atoms with Crippen molar-refractivity contribution in [3.63, 3.8) is 0 Å². The van der Waals surface area contributed by atoms with Gasteiger partial charge in [-0.15, -0.1) is 0 Å². The van der Waals surface area contributed by atoms with Crippen molar-refractivity contribution in [1.82, 2.24) is 10.3 Å². The minimum absolute atomic E-state index is 0.0560. The highest BCUT2D eigenvalue weighted by molar-refractivity contribution is 5.94. The summed E-state index contributed by atoms with van der Waals surface area (Å²) in [7, 11) is 0. The van der Waals surface area contributed by atoms with Crippen LogP contribution in [0, 0.1) is 17.5 Å². The quantitative estimate of drug-likeness (QED) is 0.569. The van der Waals surface area contributed by atoms with Gasteiger partial charge >= 0.3 is 0 Å². The Labute approximate surface area is 141 Å². The molecule has 0 saturated carbocycles. The van der Waals surface area contributed by atoms with Crippen LogP contribution < -0.4 is 10.1 Å². The summed E-state index contributed by atoms with van der Waals surface area (Å²) in [6, 6.07) is 10.7. The third kappa shape index (κ3) is 3.55. The monoisotopic (exact) mass is 346 g/mol. The second kappa shape index (κ2) is 7.21. The Morgan fingerprint density at radius 2 is 1.84 bits per heavy atom. The molecule has 0 aliphatic heterocycles. The molecule has 0 aliphatic carbocycles. The summed E-state index contributed by atoms with van der Waals surface area (Å²) < 4.78 is 45.1. The van der Waals surface area contributed by atoms with Crippen molar-refractivity contribution >= 4 is 16.8 Å². The number of pyridine rings is 1. The number of hydrogen-bond acceptors (Lipinski definition) is 3. The van der Waals surface area contributed by atoms with Crippen LogP contribution >= 0.6 is 0 Å². The van der Waals surface area contributed by atoms with Gasteiger partial charge in [0.2, 0.25) is 0 Å². The van der Waals surface area contributed by atoms with Gasteiger partial charge in [-0.05, 0) is 24.3 Å². The second-order valence-corrected chi connectivity index (χ2v) is 5.16. The summed E-state index contributed by atoms with van der Waals surface area (Å²) in [6.45, 7) is 0.160. The molecule has 1 heterocycles. The van der Waals surface area contributed by atoms with E-state index < -0.39 is 28.9 Å². The lowest BCUT2D eigenvalue weighted by molar-refractivity contribution is 0.0942. The van der Waals surface area contributed by atoms with Crippen LogP contribution in [0.4, 0.5) is 13.2 Å². The third-order valence-electron chi connectivity index (χ3n) is 3.52. The fraction of sp³-hybridized carbons (Fsp3) is 0.111. The molecule has 0 unspecified atom stereocenters. The van der Waals surface area contributed by atoms with E-state index in [9.17, 15) is 18.0 Å². The van der Waals surface area contributed by atoms with Gasteiger partial charge in [0.15, 0.2) is 17.5 Å². The maximum Gasteiger partial charge on any atom is 0.254 e. The van der Waals surface area contributed by atoms with Gasteiger partial charge in [0.25, 0.3) is 5.91 Å². The average molecular weight is 346 g/mol. The van der Waals surface area contributed by atoms with Crippen molar-refractivity contribution in [3.8, 4) is 5.75 Å². The van der Waals surface area contributed by atoms with Crippen LogP contribution in [0.25, 0.3) is 10.9 Å². The smallest absolute Gasteiger partial charge is 0.254 e. The van der Waals surface area contributed by atoms with Gasteiger partial charge in [0.1, 0.15) is 17.9 Å². The first kappa shape index (κ1) is 16.8. The SMILES string of the molecule is O=C(NCCOc1cccc2cccnc12)c1ccc(F)c(F)c1F. The number of amides is 1. The zero-order valence-electron chi connectivity index (χ0n) is 12.9. The molecular weight excluding hydrogens is 333 g/mol. The number of halogens is 3. The van der Waals surface area contributed by atoms with Gasteiger partial charge in [-0.25, -0.2) is 13.2 Å². The topological polar surface area (TPSA) is 51.2 Å². The Morgan fingerprint density at radius 3 is 2.68 bits per heavy atom. The van der Waals surface area contributed by atoms with Crippen LogP contribution in [-0.4, -0.2) is 24.0 Å². The van der Waals surface area contributed by atoms with Crippen molar-refractivity contribution in [2.75, 3.05) is 13.2 Å². The molecular formula is C18H13F3N2O2. The largest absolute Gasteiger partial charge is 0.489 e. The standard InChI is InChI=1S/C18H13F3N2O2/c19-13-7-6-12(15(20)16(13)21)18(24)23-9-10-25-14-5-1-3-11-4-2-8-22-17(11)14/h1-8H,9-10H2,(H,23,24). The first-order chi connectivity index (χ1) is 12.1. The van der Waals surface area contributed by atoms with Crippen LogP contribution in [0.5, 0.6) is 5.75 Å². The van der Waals surface area contributed by atoms with Gasteiger partial charge in [-0.2, -0.15) is 0 Å². The second-order valence-electron chi connectivity index (χ2n) is 5.16. The molecule has 0 bridgehead atoms. The minimum Gasteiger partial charge on any atom is -0.489 e. The number of fused-ring (bicyclic) bond motifs is 1. The molecule has 0 spiro atoms. The molecule has 128 valence electrons. The van der Waals surface area contributed by atoms with Crippen molar-refractivity contribution < 1.29 is 22.7 Å². The van der Waals surface area contributed by atoms with E-state index in [4.69, 9.17) is 4.74 Å². The first-order valence-electron chi connectivity index (χ1n) is 7.46. The summed E-state index contributed by atoms with van der Waals surface area (Å²) in [6.07, 6.45) is 1.64. The van der Waals surface area contributed by atoms with E-state index in [1.807, 2.05) is 24.3 Å². The summed E-state index contributed by atoms with van der Waals surface area (Å²) >= 11 is 0. The molecule has 7 heteroatoms. The summed E-state index contributed by atoms with van der Waals surface area (Å²) in [4.78, 5) is 16.1. The van der Waals surface area contributed by atoms with Crippen LogP contribution in [0.1, 0.15) is 10.4 Å². The summed E-state index contributed by atoms with van der Waals surface area (Å²) in [5, 5.41) is 3.30. The van der Waals surface area contributed by atoms with Crippen LogP contribution in [0.2, 0.25) is 0 Å². The fourth-order valence-electron chi connectivity index (χ4n) is 2.31. The highest BCUT2D eigenvalue weighted by Gasteiger charge is 2.18. The van der Waals surface area contributed by atoms with Crippen molar-refractivity contribution in [1.29, 1.82) is 0 Å². The normalized spacial score (nSPS) is 10.7. The minimum atomic E-state index is -1.68. The number of carbonyl (C=O) groups is 1. The molecule has 25 heavy (non-hydrogen) atoms. The van der Waals surface area contributed by atoms with Crippen LogP contribution in [-0.2, 0) is 0 Å². The summed E-state index contributed by atoms with van der Waals surface area (Å²) in [5.74, 6) is -4.84. The van der Waals surface area contributed by atoms with Gasteiger partial charge in [0, 0.05) is 11.6 Å². The average Bonchev–Trinajstić information content (AvgIpc) is 2.63. The van der Waals surface area contributed by atoms with Crippen molar-refractivity contribution in [2.24, 2.45) is 0 Å². The van der Waals surface area contributed by atoms with E-state index in [2.05, 4.69) is 10.3 Å². The van der Waals surface area contributed by atoms with Gasteiger partial charge in [0.05, 0.1) is 12.1 Å². The molecule has 1 N–H and O–H groups in total.